The van der Waals surface area contributed by atoms with E-state index in [4.69, 9.17) is 0 Å². The van der Waals surface area contributed by atoms with E-state index in [2.05, 4.69) is 10.1 Å². The smallest absolute Gasteiger partial charge is 0.397 e. The highest BCUT2D eigenvalue weighted by Gasteiger charge is 2.14. The molecule has 1 amide bonds. The fourth-order valence-electron chi connectivity index (χ4n) is 1.19. The second-order valence-electron chi connectivity index (χ2n) is 3.19. The Morgan fingerprint density at radius 3 is 2.62 bits per heavy atom. The highest BCUT2D eigenvalue weighted by molar-refractivity contribution is 6.37. The van der Waals surface area contributed by atoms with Gasteiger partial charge >= 0.3 is 11.9 Å². The molecule has 0 fully saturated rings. The molecule has 0 aromatic heterocycles. The zero-order valence-corrected chi connectivity index (χ0v) is 9.04. The van der Waals surface area contributed by atoms with Crippen LogP contribution in [0.15, 0.2) is 18.2 Å². The maximum Gasteiger partial charge on any atom is 0.397 e. The Kier molecular flexibility index (Phi) is 3.99. The summed E-state index contributed by atoms with van der Waals surface area (Å²) in [6.45, 7) is 3.40. The molecule has 0 saturated heterocycles. The van der Waals surface area contributed by atoms with Crippen LogP contribution in [0, 0.1) is 12.7 Å². The first-order valence-electron chi connectivity index (χ1n) is 4.78. The number of carbonyl (C=O) groups excluding carboxylic acids is 2. The molecule has 16 heavy (non-hydrogen) atoms. The van der Waals surface area contributed by atoms with E-state index in [0.717, 1.165) is 6.07 Å². The number of halogens is 1. The van der Waals surface area contributed by atoms with Gasteiger partial charge in [0, 0.05) is 5.69 Å². The second-order valence-corrected chi connectivity index (χ2v) is 3.19. The lowest BCUT2D eigenvalue weighted by Crippen LogP contribution is -2.25. The number of nitrogens with one attached hydrogen (secondary N) is 1. The molecule has 0 aliphatic carbocycles. The number of rotatable bonds is 2. The zero-order chi connectivity index (χ0) is 12.1. The Hall–Kier alpha value is -1.91. The highest BCUT2D eigenvalue weighted by atomic mass is 19.1. The van der Waals surface area contributed by atoms with E-state index >= 15 is 0 Å². The molecule has 0 heterocycles. The summed E-state index contributed by atoms with van der Waals surface area (Å²) in [6, 6.07) is 4.00. The Morgan fingerprint density at radius 2 is 2.06 bits per heavy atom. The Balaban J connectivity index is 2.73. The lowest BCUT2D eigenvalue weighted by atomic mass is 10.2. The third-order valence-corrected chi connectivity index (χ3v) is 1.76. The molecule has 0 saturated carbocycles. The maximum absolute atomic E-state index is 13.0. The monoisotopic (exact) mass is 225 g/mol. The van der Waals surface area contributed by atoms with Crippen molar-refractivity contribution in [1.82, 2.24) is 0 Å². The Bertz CT molecular complexity index is 397. The van der Waals surface area contributed by atoms with E-state index in [1.54, 1.807) is 19.9 Å². The summed E-state index contributed by atoms with van der Waals surface area (Å²) < 4.78 is 17.5. The number of benzene rings is 1. The molecule has 0 aliphatic heterocycles. The van der Waals surface area contributed by atoms with Crippen LogP contribution in [-0.2, 0) is 14.3 Å². The van der Waals surface area contributed by atoms with Crippen molar-refractivity contribution < 1.29 is 18.7 Å². The van der Waals surface area contributed by atoms with Crippen LogP contribution in [0.25, 0.3) is 0 Å². The molecule has 86 valence electrons. The maximum atomic E-state index is 13.0. The standard InChI is InChI=1S/C11H12FNO3/c1-3-16-11(15)10(14)13-9-5-7(2)4-8(12)6-9/h4-6H,3H2,1-2H3,(H,13,14). The minimum Gasteiger partial charge on any atom is -0.459 e. The van der Waals surface area contributed by atoms with Crippen LogP contribution >= 0.6 is 0 Å². The molecule has 1 rings (SSSR count). The van der Waals surface area contributed by atoms with Gasteiger partial charge in [-0.15, -0.1) is 0 Å². The Labute approximate surface area is 92.4 Å². The average molecular weight is 225 g/mol. The van der Waals surface area contributed by atoms with Crippen molar-refractivity contribution in [2.75, 3.05) is 11.9 Å². The van der Waals surface area contributed by atoms with Gasteiger partial charge in [-0.2, -0.15) is 0 Å². The molecule has 1 aromatic carbocycles. The minimum absolute atomic E-state index is 0.119. The van der Waals surface area contributed by atoms with Crippen LogP contribution in [0.1, 0.15) is 12.5 Å². The quantitative estimate of drug-likeness (QED) is 0.614. The number of aryl methyl sites for hydroxylation is 1. The van der Waals surface area contributed by atoms with Gasteiger partial charge in [-0.25, -0.2) is 9.18 Å². The van der Waals surface area contributed by atoms with Crippen LogP contribution in [0.3, 0.4) is 0 Å². The van der Waals surface area contributed by atoms with Crippen LogP contribution < -0.4 is 5.32 Å². The largest absolute Gasteiger partial charge is 0.459 e. The van der Waals surface area contributed by atoms with Crippen molar-refractivity contribution >= 4 is 17.6 Å². The number of anilines is 1. The third-order valence-electron chi connectivity index (χ3n) is 1.76. The van der Waals surface area contributed by atoms with E-state index in [1.165, 1.54) is 6.07 Å². The molecule has 0 aliphatic rings. The van der Waals surface area contributed by atoms with Crippen molar-refractivity contribution in [3.05, 3.63) is 29.6 Å². The van der Waals surface area contributed by atoms with E-state index in [9.17, 15) is 14.0 Å². The number of amides is 1. The molecule has 0 bridgehead atoms. The molecule has 4 nitrogen and oxygen atoms in total. The van der Waals surface area contributed by atoms with E-state index in [0.29, 0.717) is 5.56 Å². The van der Waals surface area contributed by atoms with Crippen LogP contribution in [0.2, 0.25) is 0 Å². The van der Waals surface area contributed by atoms with Crippen molar-refractivity contribution in [2.45, 2.75) is 13.8 Å². The predicted octanol–water partition coefficient (Wildman–Crippen LogP) is 1.64. The number of esters is 1. The molecule has 1 N–H and O–H groups in total. The summed E-state index contributed by atoms with van der Waals surface area (Å²) in [5.41, 5.74) is 0.884. The van der Waals surface area contributed by atoms with Gasteiger partial charge in [-0.3, -0.25) is 4.79 Å². The first-order chi connectivity index (χ1) is 7.52. The van der Waals surface area contributed by atoms with E-state index in [1.807, 2.05) is 0 Å². The highest BCUT2D eigenvalue weighted by Crippen LogP contribution is 2.13. The van der Waals surface area contributed by atoms with Gasteiger partial charge < -0.3 is 10.1 Å². The van der Waals surface area contributed by atoms with Crippen LogP contribution in [0.4, 0.5) is 10.1 Å². The van der Waals surface area contributed by atoms with Crippen molar-refractivity contribution in [3.8, 4) is 0 Å². The van der Waals surface area contributed by atoms with Crippen LogP contribution in [-0.4, -0.2) is 18.5 Å². The van der Waals surface area contributed by atoms with Gasteiger partial charge in [0.05, 0.1) is 6.61 Å². The molecule has 0 radical (unpaired) electrons. The van der Waals surface area contributed by atoms with Gasteiger partial charge in [-0.1, -0.05) is 0 Å². The average Bonchev–Trinajstić information content (AvgIpc) is 2.16. The lowest BCUT2D eigenvalue weighted by molar-refractivity contribution is -0.152. The van der Waals surface area contributed by atoms with Crippen molar-refractivity contribution in [1.29, 1.82) is 0 Å². The van der Waals surface area contributed by atoms with Gasteiger partial charge in [0.25, 0.3) is 0 Å². The fraction of sp³-hybridized carbons (Fsp3) is 0.273. The summed E-state index contributed by atoms with van der Waals surface area (Å²) in [7, 11) is 0. The van der Waals surface area contributed by atoms with Crippen molar-refractivity contribution in [3.63, 3.8) is 0 Å². The summed E-state index contributed by atoms with van der Waals surface area (Å²) in [4.78, 5) is 22.2. The van der Waals surface area contributed by atoms with Crippen LogP contribution in [0.5, 0.6) is 0 Å². The molecule has 5 heteroatoms. The van der Waals surface area contributed by atoms with Gasteiger partial charge in [0.15, 0.2) is 0 Å². The number of hydrogen-bond donors (Lipinski definition) is 1. The van der Waals surface area contributed by atoms with Gasteiger partial charge in [0.1, 0.15) is 5.82 Å². The van der Waals surface area contributed by atoms with Crippen molar-refractivity contribution in [2.24, 2.45) is 0 Å². The van der Waals surface area contributed by atoms with E-state index in [-0.39, 0.29) is 12.3 Å². The van der Waals surface area contributed by atoms with Gasteiger partial charge in [0.2, 0.25) is 0 Å². The number of hydrogen-bond acceptors (Lipinski definition) is 3. The second kappa shape index (κ2) is 5.25. The topological polar surface area (TPSA) is 55.4 Å². The predicted molar refractivity (Wildman–Crippen MR) is 56.4 cm³/mol. The molecule has 0 unspecified atom stereocenters. The zero-order valence-electron chi connectivity index (χ0n) is 9.04. The summed E-state index contributed by atoms with van der Waals surface area (Å²) in [6.07, 6.45) is 0. The first kappa shape index (κ1) is 12.2. The summed E-state index contributed by atoms with van der Waals surface area (Å²) >= 11 is 0. The SMILES string of the molecule is CCOC(=O)C(=O)Nc1cc(C)cc(F)c1. The third kappa shape index (κ3) is 3.34. The molecular weight excluding hydrogens is 213 g/mol. The molecule has 1 aromatic rings. The molecule has 0 spiro atoms. The molecule has 0 atom stereocenters. The normalized spacial score (nSPS) is 9.69. The van der Waals surface area contributed by atoms with Gasteiger partial charge in [-0.05, 0) is 37.6 Å². The number of ether oxygens (including phenoxy) is 1. The minimum atomic E-state index is -0.982. The number of carbonyl (C=O) groups is 2. The Morgan fingerprint density at radius 1 is 1.38 bits per heavy atom. The summed E-state index contributed by atoms with van der Waals surface area (Å²) in [5, 5.41) is 2.25. The van der Waals surface area contributed by atoms with E-state index < -0.39 is 17.7 Å². The fourth-order valence-corrected chi connectivity index (χ4v) is 1.19. The lowest BCUT2D eigenvalue weighted by Gasteiger charge is -2.05. The summed E-state index contributed by atoms with van der Waals surface area (Å²) in [5.74, 6) is -2.37. The first-order valence-corrected chi connectivity index (χ1v) is 4.78. The molecular formula is C11H12FNO3.